The van der Waals surface area contributed by atoms with Gasteiger partial charge in [0.25, 0.3) is 0 Å². The minimum atomic E-state index is 0.170. The normalized spacial score (nSPS) is 10.2. The van der Waals surface area contributed by atoms with E-state index in [4.69, 9.17) is 11.6 Å². The average molecular weight is 268 g/mol. The van der Waals surface area contributed by atoms with Crippen molar-refractivity contribution in [1.29, 1.82) is 0 Å². The third kappa shape index (κ3) is 2.57. The quantitative estimate of drug-likeness (QED) is 0.600. The molecule has 66 valence electrons. The zero-order valence-corrected chi connectivity index (χ0v) is 9.51. The van der Waals surface area contributed by atoms with Gasteiger partial charge in [0.1, 0.15) is 0 Å². The summed E-state index contributed by atoms with van der Waals surface area (Å²) < 4.78 is 0.895. The Kier molecular flexibility index (Phi) is 4.26. The van der Waals surface area contributed by atoms with Gasteiger partial charge in [0.05, 0.1) is 0 Å². The Bertz CT molecular complexity index is 272. The van der Waals surface area contributed by atoms with E-state index in [1.54, 1.807) is 0 Å². The second kappa shape index (κ2) is 5.00. The van der Waals surface area contributed by atoms with E-state index in [0.29, 0.717) is 12.3 Å². The van der Waals surface area contributed by atoms with Crippen LogP contribution in [0.4, 0.5) is 0 Å². The minimum Gasteiger partial charge on any atom is -0.294 e. The number of halogens is 2. The van der Waals surface area contributed by atoms with Crippen molar-refractivity contribution in [1.82, 2.24) is 0 Å². The molecule has 0 aromatic carbocycles. The summed E-state index contributed by atoms with van der Waals surface area (Å²) in [6.45, 7) is 0. The van der Waals surface area contributed by atoms with Crippen LogP contribution in [-0.2, 0) is 0 Å². The van der Waals surface area contributed by atoms with E-state index in [1.807, 2.05) is 10.8 Å². The summed E-state index contributed by atoms with van der Waals surface area (Å²) in [7, 11) is 0. The van der Waals surface area contributed by atoms with Crippen LogP contribution in [0.15, 0.2) is 15.2 Å². The number of alkyl halides is 1. The maximum atomic E-state index is 11.4. The standard InChI is InChI=1S/C8H8BrClOS/c9-7-5-12-4-6(7)8(11)2-1-3-10/h4-5H,1-3H2. The Hall–Kier alpha value is 0.140. The monoisotopic (exact) mass is 266 g/mol. The lowest BCUT2D eigenvalue weighted by Crippen LogP contribution is -1.97. The summed E-state index contributed by atoms with van der Waals surface area (Å²) in [5.74, 6) is 0.719. The molecule has 0 saturated heterocycles. The number of Topliss-reactive ketones (excluding diaryl/α,β-unsaturated/α-hetero) is 1. The first-order valence-corrected chi connectivity index (χ1v) is 5.83. The summed E-state index contributed by atoms with van der Waals surface area (Å²) in [5.41, 5.74) is 0.783. The second-order valence-electron chi connectivity index (χ2n) is 2.35. The van der Waals surface area contributed by atoms with Crippen LogP contribution in [0.2, 0.25) is 0 Å². The molecule has 0 N–H and O–H groups in total. The molecule has 0 amide bonds. The molecule has 1 aromatic rings. The van der Waals surface area contributed by atoms with Gasteiger partial charge >= 0.3 is 0 Å². The summed E-state index contributed by atoms with van der Waals surface area (Å²) in [4.78, 5) is 11.4. The molecule has 0 aliphatic heterocycles. The fraction of sp³-hybridized carbons (Fsp3) is 0.375. The van der Waals surface area contributed by atoms with Crippen molar-refractivity contribution < 1.29 is 4.79 Å². The van der Waals surface area contributed by atoms with Crippen molar-refractivity contribution in [3.8, 4) is 0 Å². The highest BCUT2D eigenvalue weighted by Crippen LogP contribution is 2.22. The maximum Gasteiger partial charge on any atom is 0.164 e. The summed E-state index contributed by atoms with van der Waals surface area (Å²) in [5, 5.41) is 3.77. The smallest absolute Gasteiger partial charge is 0.164 e. The molecule has 0 bridgehead atoms. The lowest BCUT2D eigenvalue weighted by atomic mass is 10.1. The molecule has 0 fully saturated rings. The number of ketones is 1. The van der Waals surface area contributed by atoms with Crippen molar-refractivity contribution in [2.24, 2.45) is 0 Å². The van der Waals surface area contributed by atoms with Gasteiger partial charge in [-0.2, -0.15) is 11.3 Å². The van der Waals surface area contributed by atoms with Gasteiger partial charge in [-0.3, -0.25) is 4.79 Å². The molecule has 0 aliphatic rings. The number of hydrogen-bond acceptors (Lipinski definition) is 2. The van der Waals surface area contributed by atoms with E-state index in [0.717, 1.165) is 16.5 Å². The Balaban J connectivity index is 2.59. The highest BCUT2D eigenvalue weighted by atomic mass is 79.9. The van der Waals surface area contributed by atoms with Crippen LogP contribution in [0, 0.1) is 0 Å². The number of carbonyl (C=O) groups is 1. The van der Waals surface area contributed by atoms with Crippen molar-refractivity contribution in [3.05, 3.63) is 20.8 Å². The van der Waals surface area contributed by atoms with Crippen LogP contribution >= 0.6 is 38.9 Å². The van der Waals surface area contributed by atoms with E-state index in [2.05, 4.69) is 15.9 Å². The Morgan fingerprint density at radius 2 is 2.33 bits per heavy atom. The maximum absolute atomic E-state index is 11.4. The molecule has 1 rings (SSSR count). The molecule has 12 heavy (non-hydrogen) atoms. The molecule has 1 nitrogen and oxygen atoms in total. The lowest BCUT2D eigenvalue weighted by Gasteiger charge is -1.95. The molecule has 0 atom stereocenters. The van der Waals surface area contributed by atoms with Crippen molar-refractivity contribution in [3.63, 3.8) is 0 Å². The fourth-order valence-corrected chi connectivity index (χ4v) is 2.50. The molecular formula is C8H8BrClOS. The summed E-state index contributed by atoms with van der Waals surface area (Å²) in [6, 6.07) is 0. The SMILES string of the molecule is O=C(CCCCl)c1cscc1Br. The van der Waals surface area contributed by atoms with Gasteiger partial charge in [0, 0.05) is 33.1 Å². The number of thiophene rings is 1. The van der Waals surface area contributed by atoms with E-state index < -0.39 is 0 Å². The van der Waals surface area contributed by atoms with Gasteiger partial charge < -0.3 is 0 Å². The predicted molar refractivity (Wildman–Crippen MR) is 56.3 cm³/mol. The number of carbonyl (C=O) groups excluding carboxylic acids is 1. The van der Waals surface area contributed by atoms with Gasteiger partial charge in [-0.1, -0.05) is 0 Å². The predicted octanol–water partition coefficient (Wildman–Crippen LogP) is 3.71. The molecule has 4 heteroatoms. The van der Waals surface area contributed by atoms with E-state index >= 15 is 0 Å². The Morgan fingerprint density at radius 1 is 1.58 bits per heavy atom. The first kappa shape index (κ1) is 10.2. The topological polar surface area (TPSA) is 17.1 Å². The minimum absolute atomic E-state index is 0.170. The lowest BCUT2D eigenvalue weighted by molar-refractivity contribution is 0.0981. The largest absolute Gasteiger partial charge is 0.294 e. The molecule has 0 aliphatic carbocycles. The van der Waals surface area contributed by atoms with Gasteiger partial charge in [-0.25, -0.2) is 0 Å². The Morgan fingerprint density at radius 3 is 2.83 bits per heavy atom. The highest BCUT2D eigenvalue weighted by Gasteiger charge is 2.09. The third-order valence-electron chi connectivity index (χ3n) is 1.45. The molecule has 0 radical (unpaired) electrons. The molecule has 1 aromatic heterocycles. The van der Waals surface area contributed by atoms with Crippen LogP contribution in [0.3, 0.4) is 0 Å². The van der Waals surface area contributed by atoms with Crippen LogP contribution in [0.5, 0.6) is 0 Å². The van der Waals surface area contributed by atoms with Gasteiger partial charge in [-0.15, -0.1) is 11.6 Å². The summed E-state index contributed by atoms with van der Waals surface area (Å²) in [6.07, 6.45) is 1.29. The average Bonchev–Trinajstić information content (AvgIpc) is 2.47. The van der Waals surface area contributed by atoms with Crippen molar-refractivity contribution in [2.45, 2.75) is 12.8 Å². The van der Waals surface area contributed by atoms with E-state index in [-0.39, 0.29) is 5.78 Å². The van der Waals surface area contributed by atoms with Crippen LogP contribution in [-0.4, -0.2) is 11.7 Å². The van der Waals surface area contributed by atoms with Crippen molar-refractivity contribution >= 4 is 44.7 Å². The number of rotatable bonds is 4. The third-order valence-corrected chi connectivity index (χ3v) is 3.42. The molecule has 0 spiro atoms. The van der Waals surface area contributed by atoms with E-state index in [1.165, 1.54) is 11.3 Å². The molecule has 0 unspecified atom stereocenters. The van der Waals surface area contributed by atoms with Gasteiger partial charge in [0.15, 0.2) is 5.78 Å². The highest BCUT2D eigenvalue weighted by molar-refractivity contribution is 9.10. The van der Waals surface area contributed by atoms with Crippen LogP contribution < -0.4 is 0 Å². The van der Waals surface area contributed by atoms with Gasteiger partial charge in [0.2, 0.25) is 0 Å². The zero-order chi connectivity index (χ0) is 8.97. The first-order valence-electron chi connectivity index (χ1n) is 3.56. The second-order valence-corrected chi connectivity index (χ2v) is 4.32. The molecule has 0 saturated carbocycles. The van der Waals surface area contributed by atoms with Crippen LogP contribution in [0.25, 0.3) is 0 Å². The van der Waals surface area contributed by atoms with Crippen molar-refractivity contribution in [2.75, 3.05) is 5.88 Å². The van der Waals surface area contributed by atoms with E-state index in [9.17, 15) is 4.79 Å². The zero-order valence-electron chi connectivity index (χ0n) is 6.35. The van der Waals surface area contributed by atoms with Gasteiger partial charge in [-0.05, 0) is 22.4 Å². The first-order chi connectivity index (χ1) is 5.75. The van der Waals surface area contributed by atoms with Crippen LogP contribution in [0.1, 0.15) is 23.2 Å². The Labute approximate surface area is 88.9 Å². The molecular weight excluding hydrogens is 260 g/mol. The fourth-order valence-electron chi connectivity index (χ4n) is 0.843. The molecule has 1 heterocycles. The number of hydrogen-bond donors (Lipinski definition) is 0. The summed E-state index contributed by atoms with van der Waals surface area (Å²) >= 11 is 10.3.